The number of non-ortho nitro benzene ring substituents is 2. The van der Waals surface area contributed by atoms with E-state index < -0.39 is 15.9 Å². The maximum Gasteiger partial charge on any atom is 0.269 e. The van der Waals surface area contributed by atoms with Crippen LogP contribution >= 0.6 is 0 Å². The highest BCUT2D eigenvalue weighted by Crippen LogP contribution is 2.43. The molecule has 0 unspecified atom stereocenters. The zero-order valence-electron chi connectivity index (χ0n) is 25.6. The van der Waals surface area contributed by atoms with E-state index in [4.69, 9.17) is 0 Å². The van der Waals surface area contributed by atoms with E-state index in [1.165, 1.54) is 36.4 Å². The third-order valence-corrected chi connectivity index (χ3v) is 7.95. The molecule has 0 N–H and O–H groups in total. The van der Waals surface area contributed by atoms with Crippen molar-refractivity contribution in [2.45, 2.75) is 39.3 Å². The fourth-order valence-electron chi connectivity index (χ4n) is 5.61. The van der Waals surface area contributed by atoms with Crippen molar-refractivity contribution < 1.29 is 19.4 Å². The molecule has 0 spiro atoms. The van der Waals surface area contributed by atoms with Gasteiger partial charge in [-0.2, -0.15) is 0 Å². The first kappa shape index (κ1) is 31.5. The molecule has 10 nitrogen and oxygen atoms in total. The lowest BCUT2D eigenvalue weighted by molar-refractivity contribution is -0.385. The predicted octanol–water partition coefficient (Wildman–Crippen LogP) is 7.75. The van der Waals surface area contributed by atoms with Gasteiger partial charge >= 0.3 is 0 Å². The van der Waals surface area contributed by atoms with Crippen molar-refractivity contribution in [3.8, 4) is 0 Å². The Bertz CT molecular complexity index is 1850. The van der Waals surface area contributed by atoms with Gasteiger partial charge in [-0.1, -0.05) is 35.4 Å². The molecule has 0 aliphatic carbocycles. The van der Waals surface area contributed by atoms with Crippen LogP contribution in [0.5, 0.6) is 0 Å². The number of aryl methyl sites for hydroxylation is 2. The highest BCUT2D eigenvalue weighted by atomic mass is 16.6. The number of benzene rings is 4. The summed E-state index contributed by atoms with van der Waals surface area (Å²) in [6, 6.07) is 24.8. The molecule has 0 bridgehead atoms. The van der Waals surface area contributed by atoms with Crippen LogP contribution in [0.25, 0.3) is 12.2 Å². The molecule has 0 saturated heterocycles. The van der Waals surface area contributed by atoms with E-state index in [1.54, 1.807) is 46.2 Å². The van der Waals surface area contributed by atoms with Crippen molar-refractivity contribution in [3.63, 3.8) is 0 Å². The quantitative estimate of drug-likeness (QED) is 0.113. The van der Waals surface area contributed by atoms with Crippen molar-refractivity contribution in [2.24, 2.45) is 0 Å². The minimum absolute atomic E-state index is 0.0289. The Labute approximate surface area is 266 Å². The molecule has 0 fully saturated rings. The number of fused-ring (bicyclic) bond motifs is 1. The smallest absolute Gasteiger partial charge is 0.269 e. The molecule has 232 valence electrons. The summed E-state index contributed by atoms with van der Waals surface area (Å²) < 4.78 is 0. The van der Waals surface area contributed by atoms with E-state index in [2.05, 4.69) is 0 Å². The molecule has 0 aromatic heterocycles. The SMILES string of the molecule is Cc1ccc(N(C(=O)/C=C/c2ccc([N+](=O)[O-])cc2)[C@H]2C[C@H](C)N(C(=O)/C=C/c3ccc([N+](=O)[O-])cc3)c3ccc(C)cc32)cc1. The van der Waals surface area contributed by atoms with Crippen molar-refractivity contribution in [1.82, 2.24) is 0 Å². The summed E-state index contributed by atoms with van der Waals surface area (Å²) in [6.07, 6.45) is 6.64. The molecule has 2 atom stereocenters. The summed E-state index contributed by atoms with van der Waals surface area (Å²) in [5, 5.41) is 22.0. The van der Waals surface area contributed by atoms with Crippen LogP contribution in [0.15, 0.2) is 103 Å². The lowest BCUT2D eigenvalue weighted by Crippen LogP contribution is -2.47. The number of amides is 2. The Kier molecular flexibility index (Phi) is 9.18. The van der Waals surface area contributed by atoms with Crippen LogP contribution in [0.3, 0.4) is 0 Å². The van der Waals surface area contributed by atoms with Gasteiger partial charge in [0.15, 0.2) is 0 Å². The second-order valence-corrected chi connectivity index (χ2v) is 11.3. The number of hydrogen-bond acceptors (Lipinski definition) is 6. The minimum atomic E-state index is -0.473. The van der Waals surface area contributed by atoms with Crippen molar-refractivity contribution in [3.05, 3.63) is 151 Å². The molecule has 0 radical (unpaired) electrons. The van der Waals surface area contributed by atoms with E-state index in [9.17, 15) is 29.8 Å². The van der Waals surface area contributed by atoms with Gasteiger partial charge in [0.05, 0.1) is 15.9 Å². The molecule has 10 heteroatoms. The normalized spacial score (nSPS) is 15.9. The summed E-state index contributed by atoms with van der Waals surface area (Å²) in [5.74, 6) is -0.523. The molecule has 4 aromatic rings. The van der Waals surface area contributed by atoms with Gasteiger partial charge in [-0.15, -0.1) is 0 Å². The highest BCUT2D eigenvalue weighted by molar-refractivity contribution is 6.07. The number of nitro benzene ring substituents is 2. The molecule has 2 amide bonds. The maximum atomic E-state index is 14.0. The molecular formula is C36H32N4O6. The number of carbonyl (C=O) groups is 2. The standard InChI is InChI=1S/C36H32N4O6/c1-24-4-13-29(14-5-24)38(36(42)21-12-28-9-17-31(18-10-28)40(45)46)34-23-26(3)37(33-19-6-25(2)22-32(33)34)35(41)20-11-27-7-15-30(16-8-27)39(43)44/h4-22,26,34H,23H2,1-3H3/b20-11+,21-12+/t26-,34-/m0/s1. The van der Waals surface area contributed by atoms with Crippen LogP contribution in [0.2, 0.25) is 0 Å². The first-order chi connectivity index (χ1) is 22.0. The Morgan fingerprint density at radius 3 is 1.83 bits per heavy atom. The van der Waals surface area contributed by atoms with Crippen molar-refractivity contribution >= 4 is 46.7 Å². The molecule has 1 heterocycles. The van der Waals surface area contributed by atoms with Crippen LogP contribution in [-0.4, -0.2) is 27.7 Å². The first-order valence-corrected chi connectivity index (χ1v) is 14.7. The Morgan fingerprint density at radius 1 is 0.761 bits per heavy atom. The number of carbonyl (C=O) groups excluding carboxylic acids is 2. The minimum Gasteiger partial charge on any atom is -0.306 e. The topological polar surface area (TPSA) is 127 Å². The Morgan fingerprint density at radius 2 is 1.28 bits per heavy atom. The number of hydrogen-bond donors (Lipinski definition) is 0. The fourth-order valence-corrected chi connectivity index (χ4v) is 5.61. The van der Waals surface area contributed by atoms with E-state index in [-0.39, 0.29) is 29.2 Å². The number of nitro groups is 2. The van der Waals surface area contributed by atoms with Gasteiger partial charge in [-0.05, 0) is 98.5 Å². The van der Waals surface area contributed by atoms with Crippen LogP contribution in [0, 0.1) is 34.1 Å². The van der Waals surface area contributed by atoms with Gasteiger partial charge in [0, 0.05) is 53.8 Å². The van der Waals surface area contributed by atoms with E-state index in [1.807, 2.05) is 63.2 Å². The lowest BCUT2D eigenvalue weighted by Gasteiger charge is -2.43. The molecule has 1 aliphatic rings. The van der Waals surface area contributed by atoms with Crippen LogP contribution in [0.1, 0.15) is 47.2 Å². The monoisotopic (exact) mass is 616 g/mol. The fraction of sp³-hybridized carbons (Fsp3) is 0.167. The number of anilines is 2. The molecular weight excluding hydrogens is 584 g/mol. The predicted molar refractivity (Wildman–Crippen MR) is 178 cm³/mol. The summed E-state index contributed by atoms with van der Waals surface area (Å²) in [6.45, 7) is 5.87. The zero-order chi connectivity index (χ0) is 33.0. The zero-order valence-corrected chi connectivity index (χ0v) is 25.6. The van der Waals surface area contributed by atoms with Gasteiger partial charge in [0.25, 0.3) is 23.2 Å². The summed E-state index contributed by atoms with van der Waals surface area (Å²) in [5.41, 5.74) is 5.48. The second-order valence-electron chi connectivity index (χ2n) is 11.3. The van der Waals surface area contributed by atoms with Crippen LogP contribution in [-0.2, 0) is 9.59 Å². The van der Waals surface area contributed by atoms with Crippen molar-refractivity contribution in [2.75, 3.05) is 9.80 Å². The molecule has 5 rings (SSSR count). The van der Waals surface area contributed by atoms with Gasteiger partial charge in [0.1, 0.15) is 0 Å². The molecule has 0 saturated carbocycles. The van der Waals surface area contributed by atoms with Gasteiger partial charge in [-0.3, -0.25) is 29.8 Å². The third kappa shape index (κ3) is 6.91. The molecule has 1 aliphatic heterocycles. The summed E-state index contributed by atoms with van der Waals surface area (Å²) in [4.78, 5) is 52.2. The van der Waals surface area contributed by atoms with E-state index >= 15 is 0 Å². The maximum absolute atomic E-state index is 14.0. The summed E-state index contributed by atoms with van der Waals surface area (Å²) >= 11 is 0. The average Bonchev–Trinajstić information content (AvgIpc) is 3.04. The summed E-state index contributed by atoms with van der Waals surface area (Å²) in [7, 11) is 0. The number of nitrogens with zero attached hydrogens (tertiary/aromatic N) is 4. The molecule has 46 heavy (non-hydrogen) atoms. The average molecular weight is 617 g/mol. The van der Waals surface area contributed by atoms with Gasteiger partial charge in [0.2, 0.25) is 0 Å². The van der Waals surface area contributed by atoms with Gasteiger partial charge < -0.3 is 9.80 Å². The van der Waals surface area contributed by atoms with Crippen molar-refractivity contribution in [1.29, 1.82) is 0 Å². The first-order valence-electron chi connectivity index (χ1n) is 14.7. The number of rotatable bonds is 8. The van der Waals surface area contributed by atoms with Crippen LogP contribution < -0.4 is 9.80 Å². The van der Waals surface area contributed by atoms with E-state index in [0.717, 1.165) is 16.7 Å². The Balaban J connectivity index is 1.49. The lowest BCUT2D eigenvalue weighted by atomic mass is 9.88. The highest BCUT2D eigenvalue weighted by Gasteiger charge is 2.38. The second kappa shape index (κ2) is 13.4. The Hall–Kier alpha value is -5.90. The van der Waals surface area contributed by atoms with E-state index in [0.29, 0.717) is 28.9 Å². The third-order valence-electron chi connectivity index (χ3n) is 7.95. The van der Waals surface area contributed by atoms with Gasteiger partial charge in [-0.25, -0.2) is 0 Å². The largest absolute Gasteiger partial charge is 0.306 e. The molecule has 4 aromatic carbocycles. The van der Waals surface area contributed by atoms with Crippen LogP contribution in [0.4, 0.5) is 22.7 Å².